The minimum absolute atomic E-state index is 0.0104. The molecule has 0 aromatic carbocycles. The van der Waals surface area contributed by atoms with Crippen molar-refractivity contribution in [2.45, 2.75) is 77.8 Å². The molecule has 4 rings (SSSR count). The molecule has 0 N–H and O–H groups in total. The van der Waals surface area contributed by atoms with Crippen LogP contribution in [0.5, 0.6) is 0 Å². The Bertz CT molecular complexity index is 520. The van der Waals surface area contributed by atoms with Crippen LogP contribution in [-0.2, 0) is 9.53 Å². The van der Waals surface area contributed by atoms with Crippen molar-refractivity contribution in [3.63, 3.8) is 0 Å². The van der Waals surface area contributed by atoms with Gasteiger partial charge in [-0.3, -0.25) is 4.79 Å². The molecule has 3 heteroatoms. The highest BCUT2D eigenvalue weighted by Gasteiger charge is 2.61. The smallest absolute Gasteiger partial charge is 0.309 e. The summed E-state index contributed by atoms with van der Waals surface area (Å²) in [6, 6.07) is 0. The van der Waals surface area contributed by atoms with E-state index in [0.717, 1.165) is 43.9 Å². The Kier molecular flexibility index (Phi) is 4.01. The van der Waals surface area contributed by atoms with E-state index in [0.29, 0.717) is 17.3 Å². The highest BCUT2D eigenvalue weighted by atomic mass is 19.1. The van der Waals surface area contributed by atoms with E-state index in [1.54, 1.807) is 0 Å². The maximum atomic E-state index is 14.0. The average molecular weight is 336 g/mol. The number of rotatable bonds is 1. The number of carbonyl (C=O) groups is 1. The van der Waals surface area contributed by atoms with Crippen LogP contribution < -0.4 is 0 Å². The van der Waals surface area contributed by atoms with Crippen molar-refractivity contribution >= 4 is 5.97 Å². The molecule has 0 unspecified atom stereocenters. The van der Waals surface area contributed by atoms with Crippen LogP contribution in [0.3, 0.4) is 0 Å². The van der Waals surface area contributed by atoms with E-state index in [1.165, 1.54) is 32.8 Å². The third kappa shape index (κ3) is 2.22. The molecule has 0 aromatic rings. The van der Waals surface area contributed by atoms with Crippen LogP contribution in [0.25, 0.3) is 0 Å². The minimum atomic E-state index is -0.566. The normalized spacial score (nSPS) is 53.7. The van der Waals surface area contributed by atoms with Crippen molar-refractivity contribution < 1.29 is 13.9 Å². The summed E-state index contributed by atoms with van der Waals surface area (Å²) in [6.45, 7) is 4.82. The highest BCUT2D eigenvalue weighted by Crippen LogP contribution is 2.67. The molecule has 4 aliphatic rings. The molecule has 4 fully saturated rings. The first kappa shape index (κ1) is 16.8. The molecule has 0 aliphatic heterocycles. The van der Waals surface area contributed by atoms with Gasteiger partial charge in [-0.15, -0.1) is 0 Å². The Hall–Kier alpha value is -0.600. The SMILES string of the molecule is COC(=O)[C@H]1CC[C@H]2[C@@H]3CC[C@H]4C[C@H](F)CC[C@]4(C)[C@H]3CC[C@]12C. The fourth-order valence-corrected chi connectivity index (χ4v) is 7.74. The summed E-state index contributed by atoms with van der Waals surface area (Å²) >= 11 is 0. The van der Waals surface area contributed by atoms with Gasteiger partial charge in [0.15, 0.2) is 0 Å². The molecule has 0 saturated heterocycles. The molecule has 4 aliphatic carbocycles. The van der Waals surface area contributed by atoms with Crippen molar-refractivity contribution in [2.75, 3.05) is 7.11 Å². The molecular formula is C21H33FO2. The van der Waals surface area contributed by atoms with E-state index in [-0.39, 0.29) is 17.3 Å². The zero-order valence-electron chi connectivity index (χ0n) is 15.5. The van der Waals surface area contributed by atoms with Crippen LogP contribution in [0, 0.1) is 40.4 Å². The lowest BCUT2D eigenvalue weighted by Gasteiger charge is -2.60. The van der Waals surface area contributed by atoms with Gasteiger partial charge in [-0.25, -0.2) is 4.39 Å². The molecular weight excluding hydrogens is 303 g/mol. The van der Waals surface area contributed by atoms with Crippen LogP contribution in [-0.4, -0.2) is 19.3 Å². The van der Waals surface area contributed by atoms with Crippen molar-refractivity contribution in [1.82, 2.24) is 0 Å². The van der Waals surface area contributed by atoms with Gasteiger partial charge in [-0.2, -0.15) is 0 Å². The van der Waals surface area contributed by atoms with Gasteiger partial charge in [0.1, 0.15) is 6.17 Å². The fourth-order valence-electron chi connectivity index (χ4n) is 7.74. The zero-order chi connectivity index (χ0) is 17.1. The van der Waals surface area contributed by atoms with Crippen LogP contribution in [0.15, 0.2) is 0 Å². The number of hydrogen-bond acceptors (Lipinski definition) is 2. The topological polar surface area (TPSA) is 26.3 Å². The lowest BCUT2D eigenvalue weighted by molar-refractivity contribution is -0.156. The molecule has 0 spiro atoms. The van der Waals surface area contributed by atoms with Gasteiger partial charge in [0.25, 0.3) is 0 Å². The number of methoxy groups -OCH3 is 1. The van der Waals surface area contributed by atoms with Crippen LogP contribution >= 0.6 is 0 Å². The summed E-state index contributed by atoms with van der Waals surface area (Å²) in [5.41, 5.74) is 0.477. The number of fused-ring (bicyclic) bond motifs is 5. The Morgan fingerprint density at radius 2 is 1.67 bits per heavy atom. The van der Waals surface area contributed by atoms with Crippen molar-refractivity contribution in [2.24, 2.45) is 40.4 Å². The van der Waals surface area contributed by atoms with E-state index in [1.807, 2.05) is 0 Å². The van der Waals surface area contributed by atoms with Crippen LogP contribution in [0.1, 0.15) is 71.6 Å². The second-order valence-corrected chi connectivity index (χ2v) is 9.73. The summed E-state index contributed by atoms with van der Waals surface area (Å²) in [4.78, 5) is 12.3. The Morgan fingerprint density at radius 3 is 2.42 bits per heavy atom. The number of esters is 1. The molecule has 0 heterocycles. The molecule has 0 amide bonds. The summed E-state index contributed by atoms with van der Waals surface area (Å²) in [7, 11) is 1.53. The average Bonchev–Trinajstić information content (AvgIpc) is 2.92. The molecule has 4 saturated carbocycles. The summed E-state index contributed by atoms with van der Waals surface area (Å²) in [5.74, 6) is 2.86. The largest absolute Gasteiger partial charge is 0.469 e. The quantitative estimate of drug-likeness (QED) is 0.619. The second-order valence-electron chi connectivity index (χ2n) is 9.73. The van der Waals surface area contributed by atoms with Gasteiger partial charge in [0, 0.05) is 0 Å². The molecule has 8 atom stereocenters. The van der Waals surface area contributed by atoms with Crippen LogP contribution in [0.2, 0.25) is 0 Å². The van der Waals surface area contributed by atoms with Gasteiger partial charge in [0.2, 0.25) is 0 Å². The van der Waals surface area contributed by atoms with Crippen molar-refractivity contribution in [3.05, 3.63) is 0 Å². The lowest BCUT2D eigenvalue weighted by atomic mass is 9.45. The first-order valence-corrected chi connectivity index (χ1v) is 10.1. The number of carbonyl (C=O) groups excluding carboxylic acids is 1. The number of alkyl halides is 1. The van der Waals surface area contributed by atoms with E-state index >= 15 is 0 Å². The van der Waals surface area contributed by atoms with Gasteiger partial charge in [-0.05, 0) is 92.3 Å². The summed E-state index contributed by atoms with van der Waals surface area (Å²) in [5, 5.41) is 0. The second kappa shape index (κ2) is 5.71. The highest BCUT2D eigenvalue weighted by molar-refractivity contribution is 5.73. The first-order valence-electron chi connectivity index (χ1n) is 10.1. The van der Waals surface area contributed by atoms with E-state index in [9.17, 15) is 9.18 Å². The van der Waals surface area contributed by atoms with Crippen molar-refractivity contribution in [1.29, 1.82) is 0 Å². The Morgan fingerprint density at radius 1 is 0.958 bits per heavy atom. The predicted octanol–water partition coefficient (Wildman–Crippen LogP) is 5.16. The molecule has 24 heavy (non-hydrogen) atoms. The standard InChI is InChI=1S/C21H33FO2/c1-20-10-8-14(22)12-13(20)4-5-15-16-6-7-18(19(23)24-3)21(16,2)11-9-17(15)20/h13-18H,4-12H2,1-3H3/t13-,14+,15-,16-,17-,18+,20-,21-/m0/s1. The van der Waals surface area contributed by atoms with E-state index < -0.39 is 6.17 Å². The zero-order valence-corrected chi connectivity index (χ0v) is 15.5. The molecule has 2 nitrogen and oxygen atoms in total. The first-order chi connectivity index (χ1) is 11.4. The predicted molar refractivity (Wildman–Crippen MR) is 92.1 cm³/mol. The van der Waals surface area contributed by atoms with Crippen molar-refractivity contribution in [3.8, 4) is 0 Å². The lowest BCUT2D eigenvalue weighted by Crippen LogP contribution is -2.54. The van der Waals surface area contributed by atoms with Gasteiger partial charge in [-0.1, -0.05) is 13.8 Å². The van der Waals surface area contributed by atoms with Gasteiger partial charge in [0.05, 0.1) is 13.0 Å². The maximum absolute atomic E-state index is 14.0. The number of ether oxygens (including phenoxy) is 1. The Labute approximate surface area is 145 Å². The molecule has 0 aromatic heterocycles. The summed E-state index contributed by atoms with van der Waals surface area (Å²) in [6.07, 6.45) is 9.10. The maximum Gasteiger partial charge on any atom is 0.309 e. The fraction of sp³-hybridized carbons (Fsp3) is 0.952. The van der Waals surface area contributed by atoms with Crippen LogP contribution in [0.4, 0.5) is 4.39 Å². The third-order valence-electron chi connectivity index (χ3n) is 9.09. The summed E-state index contributed by atoms with van der Waals surface area (Å²) < 4.78 is 19.1. The molecule has 0 bridgehead atoms. The Balaban J connectivity index is 1.60. The van der Waals surface area contributed by atoms with Gasteiger partial charge < -0.3 is 4.74 Å². The van der Waals surface area contributed by atoms with E-state index in [4.69, 9.17) is 4.74 Å². The third-order valence-corrected chi connectivity index (χ3v) is 9.09. The number of hydrogen-bond donors (Lipinski definition) is 0. The monoisotopic (exact) mass is 336 g/mol. The van der Waals surface area contributed by atoms with E-state index in [2.05, 4.69) is 13.8 Å². The molecule has 0 radical (unpaired) electrons. The minimum Gasteiger partial charge on any atom is -0.469 e. The number of halogens is 1. The van der Waals surface area contributed by atoms with Gasteiger partial charge >= 0.3 is 5.97 Å². The molecule has 136 valence electrons.